The van der Waals surface area contributed by atoms with Crippen LogP contribution >= 0.6 is 11.8 Å². The standard InChI is InChI=1S/C29H32F5NS.2C4H10.C2H6/c1-7-15-35-21(5)27(36-19(2)3)17-22-12-11-20(4)24(16-22)10-8-9-23-13-14-25(29(32,33)34)18-26(23)28(6,30)31;2*1-3-4-2;1-2/h10-14,16-18,35H,2,4-5,7-9,15H2,1,3,6H3;2*3-4H2,1-2H3;1-2H3/b24-10-,27-17-;;;. The Morgan fingerprint density at radius 2 is 1.41 bits per heavy atom. The molecule has 0 unspecified atom stereocenters. The molecule has 0 aliphatic rings. The summed E-state index contributed by atoms with van der Waals surface area (Å²) < 4.78 is 67.3. The molecule has 46 heavy (non-hydrogen) atoms. The van der Waals surface area contributed by atoms with E-state index in [1.807, 2.05) is 51.1 Å². The average Bonchev–Trinajstić information content (AvgIpc) is 3.01. The summed E-state index contributed by atoms with van der Waals surface area (Å²) in [5.41, 5.74) is 0.213. The Kier molecular flexibility index (Phi) is 24.0. The smallest absolute Gasteiger partial charge is 0.385 e. The van der Waals surface area contributed by atoms with Crippen LogP contribution in [0.5, 0.6) is 0 Å². The number of hydrogen-bond donors (Lipinski definition) is 1. The molecule has 0 radical (unpaired) electrons. The highest BCUT2D eigenvalue weighted by atomic mass is 32.2. The lowest BCUT2D eigenvalue weighted by molar-refractivity contribution is -0.137. The van der Waals surface area contributed by atoms with Crippen molar-refractivity contribution in [2.24, 2.45) is 0 Å². The highest BCUT2D eigenvalue weighted by molar-refractivity contribution is 8.07. The normalized spacial score (nSPS) is 11.7. The van der Waals surface area contributed by atoms with Gasteiger partial charge in [0.1, 0.15) is 0 Å². The van der Waals surface area contributed by atoms with Crippen molar-refractivity contribution in [3.8, 4) is 0 Å². The van der Waals surface area contributed by atoms with Crippen molar-refractivity contribution >= 4 is 30.5 Å². The summed E-state index contributed by atoms with van der Waals surface area (Å²) in [7, 11) is 0. The van der Waals surface area contributed by atoms with E-state index in [0.29, 0.717) is 19.4 Å². The first-order valence-electron chi connectivity index (χ1n) is 16.4. The zero-order valence-corrected chi connectivity index (χ0v) is 30.5. The minimum absolute atomic E-state index is 0.172. The lowest BCUT2D eigenvalue weighted by Gasteiger charge is -2.18. The molecule has 0 bridgehead atoms. The summed E-state index contributed by atoms with van der Waals surface area (Å²) in [5.74, 6) is -3.38. The molecular formula is C39H58F5NS. The van der Waals surface area contributed by atoms with Crippen LogP contribution in [0.3, 0.4) is 0 Å². The second-order valence-electron chi connectivity index (χ2n) is 10.7. The van der Waals surface area contributed by atoms with Crippen molar-refractivity contribution in [1.29, 1.82) is 0 Å². The number of alkyl halides is 5. The summed E-state index contributed by atoms with van der Waals surface area (Å²) in [6.07, 6.45) is 5.95. The van der Waals surface area contributed by atoms with Gasteiger partial charge in [-0.1, -0.05) is 130 Å². The molecule has 0 spiro atoms. The number of benzene rings is 2. The Balaban J connectivity index is 0. The largest absolute Gasteiger partial charge is 0.416 e. The van der Waals surface area contributed by atoms with Crippen LogP contribution in [0.25, 0.3) is 18.7 Å². The van der Waals surface area contributed by atoms with Crippen molar-refractivity contribution in [3.05, 3.63) is 97.8 Å². The highest BCUT2D eigenvalue weighted by Crippen LogP contribution is 2.36. The third-order valence-corrected chi connectivity index (χ3v) is 7.26. The first kappa shape index (κ1) is 45.3. The fourth-order valence-electron chi connectivity index (χ4n) is 3.54. The molecule has 0 aliphatic heterocycles. The van der Waals surface area contributed by atoms with Crippen LogP contribution in [0, 0.1) is 0 Å². The van der Waals surface area contributed by atoms with Crippen LogP contribution in [-0.4, -0.2) is 6.54 Å². The number of unbranched alkanes of at least 4 members (excludes halogenated alkanes) is 2. The fourth-order valence-corrected chi connectivity index (χ4v) is 4.30. The number of rotatable bonds is 13. The molecule has 0 aliphatic carbocycles. The molecule has 0 saturated heterocycles. The van der Waals surface area contributed by atoms with Gasteiger partial charge in [0.05, 0.1) is 5.56 Å². The van der Waals surface area contributed by atoms with E-state index in [2.05, 4.69) is 59.7 Å². The van der Waals surface area contributed by atoms with Crippen LogP contribution in [-0.2, 0) is 18.5 Å². The maximum absolute atomic E-state index is 14.1. The predicted molar refractivity (Wildman–Crippen MR) is 195 cm³/mol. The number of hydrogen-bond acceptors (Lipinski definition) is 2. The first-order valence-corrected chi connectivity index (χ1v) is 17.2. The molecule has 0 heterocycles. The summed E-state index contributed by atoms with van der Waals surface area (Å²) in [6.45, 7) is 30.2. The monoisotopic (exact) mass is 667 g/mol. The van der Waals surface area contributed by atoms with E-state index in [1.165, 1.54) is 37.4 Å². The Bertz CT molecular complexity index is 1300. The molecular weight excluding hydrogens is 609 g/mol. The van der Waals surface area contributed by atoms with E-state index in [9.17, 15) is 22.0 Å². The number of nitrogens with one attached hydrogen (secondary N) is 1. The maximum atomic E-state index is 14.1. The molecule has 0 amide bonds. The summed E-state index contributed by atoms with van der Waals surface area (Å²) >= 11 is 1.51. The van der Waals surface area contributed by atoms with E-state index >= 15 is 0 Å². The zero-order valence-electron chi connectivity index (χ0n) is 29.7. The number of halogens is 5. The van der Waals surface area contributed by atoms with Gasteiger partial charge in [-0.2, -0.15) is 13.2 Å². The average molecular weight is 668 g/mol. The first-order chi connectivity index (χ1) is 21.5. The fraction of sp³-hybridized carbons (Fsp3) is 0.487. The maximum Gasteiger partial charge on any atom is 0.416 e. The lowest BCUT2D eigenvalue weighted by Crippen LogP contribution is -2.23. The highest BCUT2D eigenvalue weighted by Gasteiger charge is 2.35. The SMILES string of the molecule is C=C(C)S/C(=C\c1ccc(=C)/c(=C\CCc2ccc(C(F)(F)F)cc2C(C)(F)F)c1)C(=C)NCCC.CC.CCCC.CCCC. The van der Waals surface area contributed by atoms with Gasteiger partial charge in [-0.25, -0.2) is 8.78 Å². The van der Waals surface area contributed by atoms with Crippen LogP contribution < -0.4 is 15.8 Å². The summed E-state index contributed by atoms with van der Waals surface area (Å²) in [4.78, 5) is 1.85. The van der Waals surface area contributed by atoms with Crippen LogP contribution in [0.1, 0.15) is 123 Å². The van der Waals surface area contributed by atoms with Gasteiger partial charge < -0.3 is 5.32 Å². The topological polar surface area (TPSA) is 12.0 Å². The number of allylic oxidation sites excluding steroid dienone is 1. The van der Waals surface area contributed by atoms with Crippen LogP contribution in [0.4, 0.5) is 22.0 Å². The van der Waals surface area contributed by atoms with Crippen molar-refractivity contribution in [2.75, 3.05) is 6.54 Å². The van der Waals surface area contributed by atoms with Crippen molar-refractivity contribution < 1.29 is 22.0 Å². The van der Waals surface area contributed by atoms with Crippen molar-refractivity contribution in [3.63, 3.8) is 0 Å². The Morgan fingerprint density at radius 3 is 1.87 bits per heavy atom. The molecule has 0 atom stereocenters. The second kappa shape index (κ2) is 24.4. The van der Waals surface area contributed by atoms with Gasteiger partial charge in [-0.3, -0.25) is 0 Å². The molecule has 0 aromatic heterocycles. The lowest BCUT2D eigenvalue weighted by atomic mass is 9.95. The van der Waals surface area contributed by atoms with Crippen molar-refractivity contribution in [1.82, 2.24) is 5.32 Å². The molecule has 2 rings (SSSR count). The van der Waals surface area contributed by atoms with Crippen molar-refractivity contribution in [2.45, 2.75) is 119 Å². The van der Waals surface area contributed by atoms with Gasteiger partial charge in [0, 0.05) is 29.6 Å². The molecule has 7 heteroatoms. The van der Waals surface area contributed by atoms with E-state index < -0.39 is 23.2 Å². The third kappa shape index (κ3) is 19.0. The summed E-state index contributed by atoms with van der Waals surface area (Å²) in [6, 6.07) is 8.28. The Hall–Kier alpha value is -2.80. The predicted octanol–water partition coefficient (Wildman–Crippen LogP) is 12.4. The molecule has 2 aromatic rings. The van der Waals surface area contributed by atoms with E-state index in [1.54, 1.807) is 0 Å². The molecule has 1 nitrogen and oxygen atoms in total. The second-order valence-corrected chi connectivity index (χ2v) is 12.0. The van der Waals surface area contributed by atoms with Gasteiger partial charge in [0.25, 0.3) is 5.92 Å². The van der Waals surface area contributed by atoms with E-state index in [-0.39, 0.29) is 12.0 Å². The zero-order chi connectivity index (χ0) is 35.9. The van der Waals surface area contributed by atoms with Gasteiger partial charge in [-0.05, 0) is 76.9 Å². The number of aryl methyl sites for hydroxylation is 1. The number of thioether (sulfide) groups is 1. The molecule has 0 fully saturated rings. The molecule has 260 valence electrons. The Morgan fingerprint density at radius 1 is 0.848 bits per heavy atom. The minimum atomic E-state index is -4.68. The van der Waals surface area contributed by atoms with E-state index in [0.717, 1.165) is 56.6 Å². The minimum Gasteiger partial charge on any atom is -0.385 e. The quantitative estimate of drug-likeness (QED) is 0.169. The Labute approximate surface area is 280 Å². The summed E-state index contributed by atoms with van der Waals surface area (Å²) in [5, 5.41) is 4.88. The molecule has 1 N–H and O–H groups in total. The van der Waals surface area contributed by atoms with Gasteiger partial charge in [0.2, 0.25) is 0 Å². The van der Waals surface area contributed by atoms with Gasteiger partial charge >= 0.3 is 6.18 Å². The van der Waals surface area contributed by atoms with Gasteiger partial charge in [-0.15, -0.1) is 0 Å². The van der Waals surface area contributed by atoms with Gasteiger partial charge in [0.15, 0.2) is 0 Å². The third-order valence-electron chi connectivity index (χ3n) is 6.33. The van der Waals surface area contributed by atoms with E-state index in [4.69, 9.17) is 0 Å². The van der Waals surface area contributed by atoms with Crippen LogP contribution in [0.2, 0.25) is 0 Å². The molecule has 2 aromatic carbocycles. The van der Waals surface area contributed by atoms with Crippen LogP contribution in [0.15, 0.2) is 65.1 Å². The molecule has 0 saturated carbocycles.